The first-order chi connectivity index (χ1) is 6.56. The largest absolute Gasteiger partial charge is 0.298 e. The third-order valence-corrected chi connectivity index (χ3v) is 2.94. The van der Waals surface area contributed by atoms with Crippen molar-refractivity contribution in [2.24, 2.45) is 0 Å². The second-order valence-electron chi connectivity index (χ2n) is 2.86. The third-order valence-electron chi connectivity index (χ3n) is 1.81. The SMILES string of the molecule is CC(=O)C(Br)c1ccc(F)cc1C=O. The Balaban J connectivity index is 3.20. The van der Waals surface area contributed by atoms with Crippen LogP contribution < -0.4 is 0 Å². The smallest absolute Gasteiger partial charge is 0.150 e. The van der Waals surface area contributed by atoms with Gasteiger partial charge in [0.25, 0.3) is 0 Å². The van der Waals surface area contributed by atoms with Crippen LogP contribution in [0.25, 0.3) is 0 Å². The zero-order chi connectivity index (χ0) is 10.7. The van der Waals surface area contributed by atoms with Crippen molar-refractivity contribution in [2.45, 2.75) is 11.8 Å². The highest BCUT2D eigenvalue weighted by molar-refractivity contribution is 9.09. The van der Waals surface area contributed by atoms with Crippen molar-refractivity contribution in [1.29, 1.82) is 0 Å². The van der Waals surface area contributed by atoms with Crippen molar-refractivity contribution in [3.8, 4) is 0 Å². The van der Waals surface area contributed by atoms with E-state index in [2.05, 4.69) is 15.9 Å². The van der Waals surface area contributed by atoms with Gasteiger partial charge in [-0.25, -0.2) is 4.39 Å². The molecule has 0 N–H and O–H groups in total. The number of alkyl halides is 1. The molecule has 74 valence electrons. The normalized spacial score (nSPS) is 12.2. The van der Waals surface area contributed by atoms with Gasteiger partial charge in [-0.15, -0.1) is 0 Å². The summed E-state index contributed by atoms with van der Waals surface area (Å²) in [6.45, 7) is 1.40. The van der Waals surface area contributed by atoms with E-state index in [1.807, 2.05) is 0 Å². The number of aldehydes is 1. The molecule has 0 bridgehead atoms. The van der Waals surface area contributed by atoms with Gasteiger partial charge in [-0.05, 0) is 24.6 Å². The van der Waals surface area contributed by atoms with E-state index >= 15 is 0 Å². The monoisotopic (exact) mass is 258 g/mol. The van der Waals surface area contributed by atoms with Gasteiger partial charge in [0.1, 0.15) is 17.9 Å². The molecular formula is C10H8BrFO2. The van der Waals surface area contributed by atoms with E-state index in [0.717, 1.165) is 6.07 Å². The summed E-state index contributed by atoms with van der Waals surface area (Å²) in [6, 6.07) is 3.76. The molecule has 4 heteroatoms. The van der Waals surface area contributed by atoms with Gasteiger partial charge in [0, 0.05) is 5.56 Å². The molecule has 1 aromatic carbocycles. The second kappa shape index (κ2) is 4.46. The Morgan fingerprint density at radius 3 is 2.71 bits per heavy atom. The van der Waals surface area contributed by atoms with E-state index in [9.17, 15) is 14.0 Å². The summed E-state index contributed by atoms with van der Waals surface area (Å²) < 4.78 is 12.7. The summed E-state index contributed by atoms with van der Waals surface area (Å²) in [5.74, 6) is -0.612. The van der Waals surface area contributed by atoms with Crippen molar-refractivity contribution in [2.75, 3.05) is 0 Å². The lowest BCUT2D eigenvalue weighted by molar-refractivity contribution is -0.116. The van der Waals surface area contributed by atoms with Crippen LogP contribution in [0, 0.1) is 5.82 Å². The Morgan fingerprint density at radius 1 is 1.57 bits per heavy atom. The van der Waals surface area contributed by atoms with Gasteiger partial charge < -0.3 is 0 Å². The van der Waals surface area contributed by atoms with Gasteiger partial charge in [-0.2, -0.15) is 0 Å². The molecule has 0 saturated heterocycles. The number of hydrogen-bond donors (Lipinski definition) is 0. The second-order valence-corrected chi connectivity index (χ2v) is 3.78. The Kier molecular flexibility index (Phi) is 3.52. The molecule has 0 amide bonds. The minimum absolute atomic E-state index is 0.125. The fourth-order valence-corrected chi connectivity index (χ4v) is 1.51. The molecule has 0 aliphatic rings. The predicted molar refractivity (Wildman–Crippen MR) is 54.1 cm³/mol. The van der Waals surface area contributed by atoms with Crippen LogP contribution in [0.5, 0.6) is 0 Å². The third kappa shape index (κ3) is 2.26. The summed E-state index contributed by atoms with van der Waals surface area (Å²) in [5.41, 5.74) is 0.691. The lowest BCUT2D eigenvalue weighted by Gasteiger charge is -2.08. The lowest BCUT2D eigenvalue weighted by Crippen LogP contribution is -2.04. The van der Waals surface area contributed by atoms with E-state index in [0.29, 0.717) is 11.8 Å². The lowest BCUT2D eigenvalue weighted by atomic mass is 10.0. The maximum absolute atomic E-state index is 12.7. The number of benzene rings is 1. The van der Waals surface area contributed by atoms with Crippen molar-refractivity contribution in [3.05, 3.63) is 35.1 Å². The molecular weight excluding hydrogens is 251 g/mol. The first-order valence-electron chi connectivity index (χ1n) is 3.95. The molecule has 0 radical (unpaired) electrons. The first kappa shape index (κ1) is 11.0. The Morgan fingerprint density at radius 2 is 2.21 bits per heavy atom. The number of halogens is 2. The Hall–Kier alpha value is -1.03. The molecule has 1 aromatic rings. The zero-order valence-corrected chi connectivity index (χ0v) is 9.05. The summed E-state index contributed by atoms with van der Waals surface area (Å²) in [5, 5.41) is 0. The molecule has 2 nitrogen and oxygen atoms in total. The van der Waals surface area contributed by atoms with Crippen LogP contribution in [0.4, 0.5) is 4.39 Å². The molecule has 0 aliphatic heterocycles. The maximum atomic E-state index is 12.7. The van der Waals surface area contributed by atoms with Crippen LogP contribution in [0.1, 0.15) is 27.7 Å². The zero-order valence-electron chi connectivity index (χ0n) is 7.46. The van der Waals surface area contributed by atoms with Crippen LogP contribution >= 0.6 is 15.9 Å². The highest BCUT2D eigenvalue weighted by Crippen LogP contribution is 2.26. The molecule has 0 aliphatic carbocycles. The Bertz CT molecular complexity index is 376. The Labute approximate surface area is 89.2 Å². The summed E-state index contributed by atoms with van der Waals surface area (Å²) in [7, 11) is 0. The molecule has 1 atom stereocenters. The van der Waals surface area contributed by atoms with Crippen LogP contribution in [0.2, 0.25) is 0 Å². The predicted octanol–water partition coefficient (Wildman–Crippen LogP) is 2.66. The van der Waals surface area contributed by atoms with Crippen LogP contribution in [-0.4, -0.2) is 12.1 Å². The van der Waals surface area contributed by atoms with Gasteiger partial charge in [-0.1, -0.05) is 22.0 Å². The summed E-state index contributed by atoms with van der Waals surface area (Å²) in [6.07, 6.45) is 0.537. The van der Waals surface area contributed by atoms with Crippen molar-refractivity contribution in [3.63, 3.8) is 0 Å². The van der Waals surface area contributed by atoms with E-state index in [1.54, 1.807) is 0 Å². The minimum atomic E-state index is -0.553. The minimum Gasteiger partial charge on any atom is -0.298 e. The topological polar surface area (TPSA) is 34.1 Å². The molecule has 0 spiro atoms. The average molecular weight is 259 g/mol. The number of Topliss-reactive ketones (excluding diaryl/α,β-unsaturated/α-hetero) is 1. The summed E-state index contributed by atoms with van der Waals surface area (Å²) >= 11 is 3.14. The highest BCUT2D eigenvalue weighted by Gasteiger charge is 2.16. The average Bonchev–Trinajstić information content (AvgIpc) is 2.16. The number of ketones is 1. The van der Waals surface area contributed by atoms with Crippen LogP contribution in [0.3, 0.4) is 0 Å². The number of rotatable bonds is 3. The quantitative estimate of drug-likeness (QED) is 0.617. The highest BCUT2D eigenvalue weighted by atomic mass is 79.9. The molecule has 0 saturated carbocycles. The molecule has 14 heavy (non-hydrogen) atoms. The van der Waals surface area contributed by atoms with Gasteiger partial charge in [0.15, 0.2) is 0 Å². The number of carbonyl (C=O) groups is 2. The number of hydrogen-bond acceptors (Lipinski definition) is 2. The molecule has 1 rings (SSSR count). The van der Waals surface area contributed by atoms with E-state index in [4.69, 9.17) is 0 Å². The van der Waals surface area contributed by atoms with Gasteiger partial charge >= 0.3 is 0 Å². The van der Waals surface area contributed by atoms with Gasteiger partial charge in [0.05, 0.1) is 4.83 Å². The van der Waals surface area contributed by atoms with E-state index < -0.39 is 10.6 Å². The molecule has 0 heterocycles. The van der Waals surface area contributed by atoms with Crippen LogP contribution in [-0.2, 0) is 4.79 Å². The molecule has 0 aromatic heterocycles. The standard InChI is InChI=1S/C10H8BrFO2/c1-6(14)10(11)9-3-2-8(12)4-7(9)5-13/h2-5,10H,1H3. The van der Waals surface area contributed by atoms with Crippen molar-refractivity contribution >= 4 is 28.0 Å². The van der Waals surface area contributed by atoms with Crippen LogP contribution in [0.15, 0.2) is 18.2 Å². The van der Waals surface area contributed by atoms with E-state index in [-0.39, 0.29) is 11.3 Å². The first-order valence-corrected chi connectivity index (χ1v) is 4.87. The van der Waals surface area contributed by atoms with Gasteiger partial charge in [-0.3, -0.25) is 9.59 Å². The summed E-state index contributed by atoms with van der Waals surface area (Å²) in [4.78, 5) is 21.1. The van der Waals surface area contributed by atoms with Gasteiger partial charge in [0.2, 0.25) is 0 Å². The fraction of sp³-hybridized carbons (Fsp3) is 0.200. The molecule has 1 unspecified atom stereocenters. The fourth-order valence-electron chi connectivity index (χ4n) is 1.10. The van der Waals surface area contributed by atoms with E-state index in [1.165, 1.54) is 19.1 Å². The van der Waals surface area contributed by atoms with Crippen molar-refractivity contribution < 1.29 is 14.0 Å². The maximum Gasteiger partial charge on any atom is 0.150 e. The molecule has 0 fully saturated rings. The van der Waals surface area contributed by atoms with Crippen molar-refractivity contribution in [1.82, 2.24) is 0 Å². The number of carbonyl (C=O) groups excluding carboxylic acids is 2.